The van der Waals surface area contributed by atoms with Gasteiger partial charge in [-0.15, -0.1) is 0 Å². The number of nitrogens with two attached hydrogens (primary N) is 1. The van der Waals surface area contributed by atoms with E-state index >= 15 is 0 Å². The molecule has 0 radical (unpaired) electrons. The Bertz CT molecular complexity index is 326. The van der Waals surface area contributed by atoms with E-state index in [4.69, 9.17) is 17.3 Å². The first-order valence-electron chi connectivity index (χ1n) is 4.37. The average molecular weight is 213 g/mol. The number of rotatable bonds is 3. The first-order valence-corrected chi connectivity index (χ1v) is 4.75. The maximum absolute atomic E-state index is 11.1. The number of nitrogens with one attached hydrogen (secondary N) is 1. The molecule has 0 bridgehead atoms. The van der Waals surface area contributed by atoms with Gasteiger partial charge in [0.2, 0.25) is 5.91 Å². The molecule has 1 aromatic carbocycles. The van der Waals surface area contributed by atoms with Crippen LogP contribution in [0, 0.1) is 0 Å². The summed E-state index contributed by atoms with van der Waals surface area (Å²) in [5.41, 5.74) is 6.36. The summed E-state index contributed by atoms with van der Waals surface area (Å²) in [6.45, 7) is 2.11. The molecule has 4 heteroatoms. The molecule has 76 valence electrons. The first-order chi connectivity index (χ1) is 6.59. The lowest BCUT2D eigenvalue weighted by Crippen LogP contribution is -2.37. The highest BCUT2D eigenvalue weighted by atomic mass is 35.5. The number of benzene rings is 1. The van der Waals surface area contributed by atoms with Crippen LogP contribution in [0.15, 0.2) is 24.3 Å². The highest BCUT2D eigenvalue weighted by molar-refractivity contribution is 6.30. The van der Waals surface area contributed by atoms with Crippen LogP contribution in [0.5, 0.6) is 0 Å². The molecule has 1 atom stereocenters. The van der Waals surface area contributed by atoms with Gasteiger partial charge in [0.05, 0.1) is 6.04 Å². The summed E-state index contributed by atoms with van der Waals surface area (Å²) in [6, 6.07) is 6.86. The van der Waals surface area contributed by atoms with Crippen LogP contribution >= 0.6 is 11.6 Å². The van der Waals surface area contributed by atoms with E-state index in [0.717, 1.165) is 5.56 Å². The zero-order valence-corrected chi connectivity index (χ0v) is 8.71. The number of amides is 1. The van der Waals surface area contributed by atoms with Crippen LogP contribution in [-0.4, -0.2) is 11.9 Å². The van der Waals surface area contributed by atoms with E-state index in [9.17, 15) is 4.79 Å². The average Bonchev–Trinajstić information content (AvgIpc) is 2.14. The molecule has 3 nitrogen and oxygen atoms in total. The molecule has 1 unspecified atom stereocenters. The van der Waals surface area contributed by atoms with Gasteiger partial charge in [-0.25, -0.2) is 0 Å². The lowest BCUT2D eigenvalue weighted by Gasteiger charge is -2.07. The van der Waals surface area contributed by atoms with Gasteiger partial charge in [-0.2, -0.15) is 0 Å². The van der Waals surface area contributed by atoms with Crippen molar-refractivity contribution >= 4 is 17.5 Å². The van der Waals surface area contributed by atoms with E-state index in [1.54, 1.807) is 13.0 Å². The van der Waals surface area contributed by atoms with Gasteiger partial charge in [0.1, 0.15) is 0 Å². The molecule has 14 heavy (non-hydrogen) atoms. The van der Waals surface area contributed by atoms with Crippen molar-refractivity contribution in [2.75, 3.05) is 0 Å². The fourth-order valence-electron chi connectivity index (χ4n) is 0.997. The molecule has 0 aliphatic rings. The highest BCUT2D eigenvalue weighted by Gasteiger charge is 2.05. The summed E-state index contributed by atoms with van der Waals surface area (Å²) >= 11 is 5.79. The minimum atomic E-state index is -0.478. The van der Waals surface area contributed by atoms with Gasteiger partial charge in [0.25, 0.3) is 0 Å². The summed E-state index contributed by atoms with van der Waals surface area (Å²) in [5.74, 6) is -0.162. The largest absolute Gasteiger partial charge is 0.351 e. The summed E-state index contributed by atoms with van der Waals surface area (Å²) in [6.07, 6.45) is 0. The van der Waals surface area contributed by atoms with Crippen LogP contribution in [0.3, 0.4) is 0 Å². The summed E-state index contributed by atoms with van der Waals surface area (Å²) in [5, 5.41) is 3.37. The summed E-state index contributed by atoms with van der Waals surface area (Å²) in [4.78, 5) is 11.1. The maximum atomic E-state index is 11.1. The van der Waals surface area contributed by atoms with E-state index in [1.165, 1.54) is 0 Å². The Morgan fingerprint density at radius 2 is 2.36 bits per heavy atom. The third-order valence-corrected chi connectivity index (χ3v) is 2.00. The molecule has 0 heterocycles. The minimum absolute atomic E-state index is 0.162. The Morgan fingerprint density at radius 1 is 1.64 bits per heavy atom. The molecule has 0 fully saturated rings. The Hall–Kier alpha value is -1.06. The van der Waals surface area contributed by atoms with Crippen molar-refractivity contribution in [3.8, 4) is 0 Å². The van der Waals surface area contributed by atoms with Crippen LogP contribution in [0.25, 0.3) is 0 Å². The topological polar surface area (TPSA) is 55.1 Å². The minimum Gasteiger partial charge on any atom is -0.351 e. The van der Waals surface area contributed by atoms with Crippen LogP contribution in [0.1, 0.15) is 12.5 Å². The summed E-state index contributed by atoms with van der Waals surface area (Å²) < 4.78 is 0. The molecule has 1 amide bonds. The van der Waals surface area contributed by atoms with Crippen molar-refractivity contribution < 1.29 is 4.79 Å². The van der Waals surface area contributed by atoms with Gasteiger partial charge < -0.3 is 11.1 Å². The third kappa shape index (κ3) is 3.36. The molecule has 1 aromatic rings. The Morgan fingerprint density at radius 3 is 2.93 bits per heavy atom. The lowest BCUT2D eigenvalue weighted by atomic mass is 10.2. The molecule has 0 aliphatic carbocycles. The van der Waals surface area contributed by atoms with Gasteiger partial charge in [-0.1, -0.05) is 23.7 Å². The van der Waals surface area contributed by atoms with E-state index in [2.05, 4.69) is 5.32 Å². The normalized spacial score (nSPS) is 12.2. The number of halogens is 1. The molecule has 3 N–H and O–H groups in total. The predicted molar refractivity (Wildman–Crippen MR) is 56.9 cm³/mol. The van der Waals surface area contributed by atoms with Crippen molar-refractivity contribution in [2.45, 2.75) is 19.5 Å². The number of carbonyl (C=O) groups is 1. The molecular weight excluding hydrogens is 200 g/mol. The van der Waals surface area contributed by atoms with Crippen molar-refractivity contribution in [1.82, 2.24) is 5.32 Å². The van der Waals surface area contributed by atoms with Gasteiger partial charge in [-0.3, -0.25) is 4.79 Å². The number of hydrogen-bond donors (Lipinski definition) is 2. The van der Waals surface area contributed by atoms with Crippen molar-refractivity contribution in [3.63, 3.8) is 0 Å². The zero-order chi connectivity index (χ0) is 10.6. The smallest absolute Gasteiger partial charge is 0.236 e. The number of hydrogen-bond acceptors (Lipinski definition) is 2. The van der Waals surface area contributed by atoms with Gasteiger partial charge in [0, 0.05) is 11.6 Å². The van der Waals surface area contributed by atoms with Crippen molar-refractivity contribution in [2.24, 2.45) is 5.73 Å². The monoisotopic (exact) mass is 212 g/mol. The number of carbonyl (C=O) groups excluding carboxylic acids is 1. The molecular formula is C10H13ClN2O. The predicted octanol–water partition coefficient (Wildman–Crippen LogP) is 1.30. The van der Waals surface area contributed by atoms with Crippen LogP contribution in [-0.2, 0) is 11.3 Å². The van der Waals surface area contributed by atoms with Gasteiger partial charge in [0.15, 0.2) is 0 Å². The third-order valence-electron chi connectivity index (χ3n) is 1.77. The fraction of sp³-hybridized carbons (Fsp3) is 0.300. The Labute approximate surface area is 88.2 Å². The molecule has 0 saturated carbocycles. The Kier molecular flexibility index (Phi) is 3.92. The van der Waals surface area contributed by atoms with E-state index in [0.29, 0.717) is 11.6 Å². The van der Waals surface area contributed by atoms with E-state index < -0.39 is 6.04 Å². The second-order valence-corrected chi connectivity index (χ2v) is 3.57. The van der Waals surface area contributed by atoms with Crippen molar-refractivity contribution in [1.29, 1.82) is 0 Å². The molecule has 1 rings (SSSR count). The zero-order valence-electron chi connectivity index (χ0n) is 7.96. The molecule has 0 spiro atoms. The second kappa shape index (κ2) is 4.98. The molecule has 0 aliphatic heterocycles. The molecule has 0 saturated heterocycles. The molecule has 0 aromatic heterocycles. The van der Waals surface area contributed by atoms with E-state index in [-0.39, 0.29) is 5.91 Å². The second-order valence-electron chi connectivity index (χ2n) is 3.14. The Balaban J connectivity index is 2.50. The van der Waals surface area contributed by atoms with Crippen LogP contribution in [0.4, 0.5) is 0 Å². The SMILES string of the molecule is CC(N)C(=O)NCc1cccc(Cl)c1. The van der Waals surface area contributed by atoms with Crippen LogP contribution in [0.2, 0.25) is 5.02 Å². The van der Waals surface area contributed by atoms with Gasteiger partial charge >= 0.3 is 0 Å². The standard InChI is InChI=1S/C10H13ClN2O/c1-7(12)10(14)13-6-8-3-2-4-9(11)5-8/h2-5,7H,6,12H2,1H3,(H,13,14). The quantitative estimate of drug-likeness (QED) is 0.794. The van der Waals surface area contributed by atoms with E-state index in [1.807, 2.05) is 18.2 Å². The fourth-order valence-corrected chi connectivity index (χ4v) is 1.21. The summed E-state index contributed by atoms with van der Waals surface area (Å²) in [7, 11) is 0. The van der Waals surface area contributed by atoms with Crippen LogP contribution < -0.4 is 11.1 Å². The van der Waals surface area contributed by atoms with Crippen molar-refractivity contribution in [3.05, 3.63) is 34.9 Å². The highest BCUT2D eigenvalue weighted by Crippen LogP contribution is 2.10. The lowest BCUT2D eigenvalue weighted by molar-refractivity contribution is -0.122. The maximum Gasteiger partial charge on any atom is 0.236 e. The van der Waals surface area contributed by atoms with Gasteiger partial charge in [-0.05, 0) is 24.6 Å². The first kappa shape index (κ1) is 11.0.